The predicted molar refractivity (Wildman–Crippen MR) is 175 cm³/mol. The highest BCUT2D eigenvalue weighted by molar-refractivity contribution is 6.37. The van der Waals surface area contributed by atoms with Crippen LogP contribution in [-0.2, 0) is 19.0 Å². The number of benzene rings is 3. The zero-order chi connectivity index (χ0) is 33.2. The molecule has 242 valence electrons. The molecule has 4 aromatic rings. The number of carbonyl (C=O) groups is 4. The lowest BCUT2D eigenvalue weighted by Gasteiger charge is -2.29. The number of rotatable bonds is 10. The van der Waals surface area contributed by atoms with E-state index in [9.17, 15) is 19.2 Å². The monoisotopic (exact) mass is 657 g/mol. The molecule has 3 amide bonds. The number of aliphatic hydroxyl groups excluding tert-OH is 1. The van der Waals surface area contributed by atoms with Crippen LogP contribution in [0, 0.1) is 6.92 Å². The standard InChI is InChI=1S/C35H32ClN3O8/c1-20-15-24(8-10-29(20)39-34(43)26-9-7-23(36)18-27(26)35(39)44)37-33(42)31-16-22(17-32(47-31)46-14-13-45-12-11-40)28-19-38(21(2)41)30-6-4-3-5-25(28)30/h3-10,15-16,18-19,22,32,40H,11-14,17H2,1-2H3,(H,37,42)/t22-,32+/m0/s1. The summed E-state index contributed by atoms with van der Waals surface area (Å²) in [6.07, 6.45) is 3.08. The smallest absolute Gasteiger partial charge is 0.290 e. The minimum Gasteiger partial charge on any atom is -0.459 e. The third-order valence-electron chi connectivity index (χ3n) is 8.07. The van der Waals surface area contributed by atoms with Gasteiger partial charge in [0.25, 0.3) is 17.7 Å². The maximum Gasteiger partial charge on any atom is 0.290 e. The number of aliphatic hydroxyl groups is 1. The van der Waals surface area contributed by atoms with Crippen LogP contribution in [0.3, 0.4) is 0 Å². The van der Waals surface area contributed by atoms with Crippen LogP contribution in [0.4, 0.5) is 11.4 Å². The number of hydrogen-bond donors (Lipinski definition) is 2. The number of halogens is 1. The van der Waals surface area contributed by atoms with Gasteiger partial charge in [-0.05, 0) is 66.6 Å². The van der Waals surface area contributed by atoms with Crippen LogP contribution >= 0.6 is 11.6 Å². The van der Waals surface area contributed by atoms with E-state index >= 15 is 0 Å². The minimum atomic E-state index is -0.797. The number of hydrogen-bond acceptors (Lipinski definition) is 8. The van der Waals surface area contributed by atoms with Gasteiger partial charge in [0.15, 0.2) is 5.76 Å². The van der Waals surface area contributed by atoms with Gasteiger partial charge in [0.1, 0.15) is 0 Å². The number of amides is 3. The largest absolute Gasteiger partial charge is 0.459 e. The predicted octanol–water partition coefficient (Wildman–Crippen LogP) is 5.44. The van der Waals surface area contributed by atoms with E-state index in [1.54, 1.807) is 48.0 Å². The third-order valence-corrected chi connectivity index (χ3v) is 8.31. The van der Waals surface area contributed by atoms with E-state index < -0.39 is 24.0 Å². The molecular weight excluding hydrogens is 626 g/mol. The van der Waals surface area contributed by atoms with Crippen molar-refractivity contribution in [3.8, 4) is 0 Å². The van der Waals surface area contributed by atoms with Crippen LogP contribution in [-0.4, -0.2) is 66.0 Å². The average molecular weight is 658 g/mol. The molecule has 0 saturated heterocycles. The second-order valence-electron chi connectivity index (χ2n) is 11.2. The zero-order valence-electron chi connectivity index (χ0n) is 25.7. The van der Waals surface area contributed by atoms with Crippen LogP contribution < -0.4 is 10.2 Å². The van der Waals surface area contributed by atoms with E-state index in [2.05, 4.69) is 5.32 Å². The molecule has 2 aliphatic rings. The van der Waals surface area contributed by atoms with Crippen molar-refractivity contribution >= 4 is 57.5 Å². The maximum atomic E-state index is 13.6. The van der Waals surface area contributed by atoms with E-state index in [-0.39, 0.29) is 55.1 Å². The molecular formula is C35H32ClN3O8. The summed E-state index contributed by atoms with van der Waals surface area (Å²) >= 11 is 6.06. The Morgan fingerprint density at radius 3 is 2.57 bits per heavy atom. The van der Waals surface area contributed by atoms with Gasteiger partial charge in [0.2, 0.25) is 12.2 Å². The second kappa shape index (κ2) is 13.5. The Bertz CT molecular complexity index is 1930. The summed E-state index contributed by atoms with van der Waals surface area (Å²) in [5.74, 6) is -1.90. The Morgan fingerprint density at radius 2 is 1.81 bits per heavy atom. The van der Waals surface area contributed by atoms with Crippen molar-refractivity contribution in [3.05, 3.63) is 106 Å². The number of allylic oxidation sites excluding steroid dienone is 1. The van der Waals surface area contributed by atoms with E-state index in [0.29, 0.717) is 28.4 Å². The van der Waals surface area contributed by atoms with Gasteiger partial charge in [-0.1, -0.05) is 29.8 Å². The van der Waals surface area contributed by atoms with Gasteiger partial charge in [-0.2, -0.15) is 0 Å². The first-order valence-electron chi connectivity index (χ1n) is 15.1. The molecule has 11 nitrogen and oxygen atoms in total. The van der Waals surface area contributed by atoms with Crippen LogP contribution in [0.15, 0.2) is 78.7 Å². The SMILES string of the molecule is CC(=O)n1cc([C@H]2C=C(C(=O)Nc3ccc(N4C(=O)c5ccc(Cl)cc5C4=O)c(C)c3)O[C@@H](OCCOCCO)C2)c2ccccc21. The van der Waals surface area contributed by atoms with Gasteiger partial charge in [0, 0.05) is 41.6 Å². The van der Waals surface area contributed by atoms with Gasteiger partial charge >= 0.3 is 0 Å². The van der Waals surface area contributed by atoms with Crippen LogP contribution in [0.2, 0.25) is 5.02 Å². The highest BCUT2D eigenvalue weighted by atomic mass is 35.5. The van der Waals surface area contributed by atoms with Crippen molar-refractivity contribution in [3.63, 3.8) is 0 Å². The number of imide groups is 1. The number of aromatic nitrogens is 1. The Kier molecular flexibility index (Phi) is 9.24. The number of aryl methyl sites for hydroxylation is 1. The molecule has 47 heavy (non-hydrogen) atoms. The number of nitrogens with zero attached hydrogens (tertiary/aromatic N) is 2. The van der Waals surface area contributed by atoms with Crippen LogP contribution in [0.5, 0.6) is 0 Å². The van der Waals surface area contributed by atoms with E-state index in [1.165, 1.54) is 19.1 Å². The number of nitrogens with one attached hydrogen (secondary N) is 1. The van der Waals surface area contributed by atoms with E-state index in [0.717, 1.165) is 21.4 Å². The maximum absolute atomic E-state index is 13.6. The lowest BCUT2D eigenvalue weighted by atomic mass is 9.92. The molecule has 1 aromatic heterocycles. The Balaban J connectivity index is 1.25. The number of para-hydroxylation sites is 1. The molecule has 0 spiro atoms. The lowest BCUT2D eigenvalue weighted by Crippen LogP contribution is -2.31. The fourth-order valence-electron chi connectivity index (χ4n) is 5.91. The number of anilines is 2. The fourth-order valence-corrected chi connectivity index (χ4v) is 6.08. The zero-order valence-corrected chi connectivity index (χ0v) is 26.5. The normalized spacial score (nSPS) is 17.4. The Hall–Kier alpha value is -4.81. The van der Waals surface area contributed by atoms with Crippen LogP contribution in [0.25, 0.3) is 10.9 Å². The highest BCUT2D eigenvalue weighted by Crippen LogP contribution is 2.37. The van der Waals surface area contributed by atoms with Gasteiger partial charge < -0.3 is 24.6 Å². The molecule has 2 N–H and O–H groups in total. The number of ether oxygens (including phenoxy) is 3. The molecule has 3 aromatic carbocycles. The van der Waals surface area contributed by atoms with Crippen LogP contribution in [0.1, 0.15) is 55.9 Å². The Morgan fingerprint density at radius 1 is 1.02 bits per heavy atom. The summed E-state index contributed by atoms with van der Waals surface area (Å²) in [6, 6.07) is 17.0. The van der Waals surface area contributed by atoms with E-state index in [1.807, 2.05) is 24.3 Å². The summed E-state index contributed by atoms with van der Waals surface area (Å²) in [5.41, 5.74) is 3.50. The van der Waals surface area contributed by atoms with Crippen molar-refractivity contribution in [1.82, 2.24) is 4.57 Å². The highest BCUT2D eigenvalue weighted by Gasteiger charge is 2.37. The summed E-state index contributed by atoms with van der Waals surface area (Å²) < 4.78 is 18.8. The summed E-state index contributed by atoms with van der Waals surface area (Å²) in [6.45, 7) is 3.70. The molecule has 0 saturated carbocycles. The summed E-state index contributed by atoms with van der Waals surface area (Å²) in [4.78, 5) is 53.3. The first-order chi connectivity index (χ1) is 22.7. The van der Waals surface area contributed by atoms with Gasteiger partial charge in [0.05, 0.1) is 48.8 Å². The topological polar surface area (TPSA) is 136 Å². The van der Waals surface area contributed by atoms with Crippen molar-refractivity contribution < 1.29 is 38.5 Å². The molecule has 2 atom stereocenters. The average Bonchev–Trinajstić information content (AvgIpc) is 3.56. The molecule has 2 aliphatic heterocycles. The van der Waals surface area contributed by atoms with Gasteiger partial charge in [-0.15, -0.1) is 0 Å². The lowest BCUT2D eigenvalue weighted by molar-refractivity contribution is -0.148. The minimum absolute atomic E-state index is 0.0288. The molecule has 12 heteroatoms. The van der Waals surface area contributed by atoms with Crippen molar-refractivity contribution in [2.24, 2.45) is 0 Å². The quantitative estimate of drug-likeness (QED) is 0.170. The second-order valence-corrected chi connectivity index (χ2v) is 11.6. The molecule has 0 aliphatic carbocycles. The molecule has 0 unspecified atom stereocenters. The summed E-state index contributed by atoms with van der Waals surface area (Å²) in [5, 5.41) is 13.0. The third kappa shape index (κ3) is 6.43. The van der Waals surface area contributed by atoms with Gasteiger partial charge in [-0.25, -0.2) is 4.90 Å². The first kappa shape index (κ1) is 32.1. The van der Waals surface area contributed by atoms with Crippen molar-refractivity contribution in [1.29, 1.82) is 0 Å². The molecule has 6 rings (SSSR count). The molecule has 0 bridgehead atoms. The van der Waals surface area contributed by atoms with Crippen molar-refractivity contribution in [2.45, 2.75) is 32.5 Å². The summed E-state index contributed by atoms with van der Waals surface area (Å²) in [7, 11) is 0. The van der Waals surface area contributed by atoms with E-state index in [4.69, 9.17) is 30.9 Å². The van der Waals surface area contributed by atoms with Gasteiger partial charge in [-0.3, -0.25) is 23.7 Å². The molecule has 0 fully saturated rings. The number of carbonyl (C=O) groups excluding carboxylic acids is 4. The molecule has 0 radical (unpaired) electrons. The fraction of sp³-hybridized carbons (Fsp3) is 0.257. The van der Waals surface area contributed by atoms with Crippen molar-refractivity contribution in [2.75, 3.05) is 36.6 Å². The Labute approximate surface area is 275 Å². The molecule has 3 heterocycles. The number of fused-ring (bicyclic) bond motifs is 2. The first-order valence-corrected chi connectivity index (χ1v) is 15.4.